The summed E-state index contributed by atoms with van der Waals surface area (Å²) in [5, 5.41) is 9.55. The molecule has 6 nitrogen and oxygen atoms in total. The molecule has 22 heavy (non-hydrogen) atoms. The minimum absolute atomic E-state index is 0.195. The summed E-state index contributed by atoms with van der Waals surface area (Å²) in [5.74, 6) is 0. The molecule has 0 saturated carbocycles. The van der Waals surface area contributed by atoms with E-state index in [1.807, 2.05) is 6.92 Å². The van der Waals surface area contributed by atoms with Crippen molar-refractivity contribution in [1.82, 2.24) is 9.97 Å². The molecule has 0 aliphatic heterocycles. The smallest absolute Gasteiger partial charge is 0.273 e. The molecule has 0 amide bonds. The lowest BCUT2D eigenvalue weighted by molar-refractivity contribution is 0.603. The van der Waals surface area contributed by atoms with E-state index < -0.39 is 16.9 Å². The lowest BCUT2D eigenvalue weighted by Gasteiger charge is -2.08. The van der Waals surface area contributed by atoms with Crippen molar-refractivity contribution in [2.45, 2.75) is 18.0 Å². The van der Waals surface area contributed by atoms with Gasteiger partial charge in [-0.2, -0.15) is 5.26 Å². The molecule has 8 heteroatoms. The fraction of sp³-hybridized carbons (Fsp3) is 0.143. The van der Waals surface area contributed by atoms with Crippen LogP contribution in [0.15, 0.2) is 28.7 Å². The van der Waals surface area contributed by atoms with Gasteiger partial charge in [-0.25, -0.2) is 13.4 Å². The van der Waals surface area contributed by atoms with Crippen LogP contribution in [0.3, 0.4) is 0 Å². The Morgan fingerprint density at radius 2 is 2.32 bits per heavy atom. The molecule has 0 spiro atoms. The number of H-pyrrole nitrogens is 1. The number of aromatic nitrogens is 2. The Balaban J connectivity index is 2.04. The van der Waals surface area contributed by atoms with Crippen LogP contribution in [0.5, 0.6) is 0 Å². The first-order chi connectivity index (χ1) is 11.6. The molecule has 3 aromatic rings. The third-order valence-corrected chi connectivity index (χ3v) is 5.80. The van der Waals surface area contributed by atoms with Gasteiger partial charge < -0.3 is 4.98 Å². The van der Waals surface area contributed by atoms with E-state index in [4.69, 9.17) is 9.37 Å². The Hall–Kier alpha value is -2.37. The van der Waals surface area contributed by atoms with E-state index >= 15 is 0 Å². The van der Waals surface area contributed by atoms with Crippen LogP contribution in [0.4, 0.5) is 5.69 Å². The largest absolute Gasteiger partial charge is 0.358 e. The average Bonchev–Trinajstić information content (AvgIpc) is 3.16. The minimum atomic E-state index is -4.00. The number of anilines is 1. The number of nitrogens with zero attached hydrogens (tertiary/aromatic N) is 2. The molecule has 3 rings (SSSR count). The zero-order chi connectivity index (χ0) is 18.4. The molecule has 0 aliphatic rings. The number of sulfonamides is 1. The van der Waals surface area contributed by atoms with Crippen molar-refractivity contribution in [2.24, 2.45) is 0 Å². The Morgan fingerprint density at radius 1 is 1.50 bits per heavy atom. The lowest BCUT2D eigenvalue weighted by atomic mass is 10.1. The zero-order valence-corrected chi connectivity index (χ0v) is 13.0. The predicted octanol–water partition coefficient (Wildman–Crippen LogP) is 2.91. The SMILES string of the molecule is [2H]C([2H])([2H])c1ncc(S(=O)(=O)Nc2ccc(C)c3c(C#N)c[nH]c23)s1. The number of thiazole rings is 1. The van der Waals surface area contributed by atoms with E-state index in [0.717, 1.165) is 11.8 Å². The van der Waals surface area contributed by atoms with Crippen molar-refractivity contribution in [3.05, 3.63) is 40.7 Å². The maximum absolute atomic E-state index is 12.5. The molecule has 0 saturated heterocycles. The van der Waals surface area contributed by atoms with E-state index in [1.54, 1.807) is 12.1 Å². The molecule has 2 aromatic heterocycles. The van der Waals surface area contributed by atoms with E-state index in [2.05, 4.69) is 20.8 Å². The van der Waals surface area contributed by atoms with E-state index in [1.165, 1.54) is 6.20 Å². The number of benzene rings is 1. The molecule has 112 valence electrons. The van der Waals surface area contributed by atoms with Crippen LogP contribution >= 0.6 is 11.3 Å². The predicted molar refractivity (Wildman–Crippen MR) is 85.4 cm³/mol. The van der Waals surface area contributed by atoms with Gasteiger partial charge in [0.05, 0.1) is 28.0 Å². The second-order valence-corrected chi connectivity index (χ2v) is 7.52. The number of aryl methyl sites for hydroxylation is 2. The molecule has 2 N–H and O–H groups in total. The number of nitriles is 1. The average molecular weight is 335 g/mol. The first-order valence-corrected chi connectivity index (χ1v) is 8.43. The molecule has 0 radical (unpaired) electrons. The quantitative estimate of drug-likeness (QED) is 0.768. The molecule has 2 heterocycles. The van der Waals surface area contributed by atoms with Gasteiger partial charge in [0.1, 0.15) is 6.07 Å². The number of hydrogen-bond donors (Lipinski definition) is 2. The molecular weight excluding hydrogens is 320 g/mol. The van der Waals surface area contributed by atoms with Gasteiger partial charge in [0.25, 0.3) is 10.0 Å². The number of fused-ring (bicyclic) bond motifs is 1. The van der Waals surface area contributed by atoms with E-state index in [9.17, 15) is 8.42 Å². The molecule has 0 atom stereocenters. The van der Waals surface area contributed by atoms with Gasteiger partial charge in [-0.3, -0.25) is 4.72 Å². The lowest BCUT2D eigenvalue weighted by Crippen LogP contribution is -2.11. The first kappa shape index (κ1) is 11.2. The molecule has 0 unspecified atom stereocenters. The molecule has 1 aromatic carbocycles. The van der Waals surface area contributed by atoms with Gasteiger partial charge in [0, 0.05) is 15.7 Å². The van der Waals surface area contributed by atoms with Gasteiger partial charge in [-0.1, -0.05) is 6.07 Å². The summed E-state index contributed by atoms with van der Waals surface area (Å²) in [4.78, 5) is 6.58. The Bertz CT molecular complexity index is 1110. The second-order valence-electron chi connectivity index (χ2n) is 4.58. The highest BCUT2D eigenvalue weighted by molar-refractivity contribution is 7.94. The van der Waals surface area contributed by atoms with Gasteiger partial charge >= 0.3 is 0 Å². The van der Waals surface area contributed by atoms with Gasteiger partial charge in [-0.05, 0) is 25.4 Å². The zero-order valence-electron chi connectivity index (χ0n) is 14.3. The molecule has 0 bridgehead atoms. The van der Waals surface area contributed by atoms with Crippen LogP contribution in [-0.4, -0.2) is 18.4 Å². The van der Waals surface area contributed by atoms with Gasteiger partial charge in [0.15, 0.2) is 4.21 Å². The van der Waals surface area contributed by atoms with Crippen LogP contribution in [0.25, 0.3) is 10.9 Å². The third kappa shape index (κ3) is 2.34. The van der Waals surface area contributed by atoms with Crippen LogP contribution < -0.4 is 4.72 Å². The third-order valence-electron chi connectivity index (χ3n) is 3.16. The van der Waals surface area contributed by atoms with Crippen molar-refractivity contribution >= 4 is 38.0 Å². The number of aromatic amines is 1. The van der Waals surface area contributed by atoms with Gasteiger partial charge in [0.2, 0.25) is 0 Å². The van der Waals surface area contributed by atoms with Crippen LogP contribution in [-0.2, 0) is 10.0 Å². The fourth-order valence-corrected chi connectivity index (χ4v) is 4.13. The number of hydrogen-bond acceptors (Lipinski definition) is 5. The number of nitrogens with one attached hydrogen (secondary N) is 2. The van der Waals surface area contributed by atoms with Crippen molar-refractivity contribution in [3.63, 3.8) is 0 Å². The summed E-state index contributed by atoms with van der Waals surface area (Å²) in [6.45, 7) is -0.641. The highest BCUT2D eigenvalue weighted by Gasteiger charge is 2.19. The topological polar surface area (TPSA) is 98.6 Å². The summed E-state index contributed by atoms with van der Waals surface area (Å²) >= 11 is 0.598. The summed E-state index contributed by atoms with van der Waals surface area (Å²) < 4.78 is 49.2. The van der Waals surface area contributed by atoms with Crippen LogP contribution in [0.1, 0.15) is 20.2 Å². The summed E-state index contributed by atoms with van der Waals surface area (Å²) in [7, 11) is -4.00. The maximum atomic E-state index is 12.5. The van der Waals surface area contributed by atoms with Crippen molar-refractivity contribution in [3.8, 4) is 6.07 Å². The van der Waals surface area contributed by atoms with Gasteiger partial charge in [-0.15, -0.1) is 11.3 Å². The normalized spacial score (nSPS) is 14.1. The standard InChI is InChI=1S/C14H12N4O2S2/c1-8-3-4-11(14-13(8)10(5-15)6-17-14)18-22(19,20)12-7-16-9(2)21-12/h3-4,6-7,17-18H,1-2H3/i2D3. The Morgan fingerprint density at radius 3 is 3.00 bits per heavy atom. The highest BCUT2D eigenvalue weighted by Crippen LogP contribution is 2.30. The minimum Gasteiger partial charge on any atom is -0.358 e. The highest BCUT2D eigenvalue weighted by atomic mass is 32.2. The Kier molecular flexibility index (Phi) is 2.61. The number of rotatable bonds is 3. The fourth-order valence-electron chi connectivity index (χ4n) is 2.17. The molecule has 0 aliphatic carbocycles. The van der Waals surface area contributed by atoms with Crippen LogP contribution in [0, 0.1) is 25.1 Å². The Labute approximate surface area is 135 Å². The summed E-state index contributed by atoms with van der Waals surface area (Å²) in [6, 6.07) is 5.34. The monoisotopic (exact) mass is 335 g/mol. The van der Waals surface area contributed by atoms with Crippen molar-refractivity contribution in [1.29, 1.82) is 5.26 Å². The maximum Gasteiger partial charge on any atom is 0.273 e. The molecule has 0 fully saturated rings. The van der Waals surface area contributed by atoms with E-state index in [-0.39, 0.29) is 14.9 Å². The van der Waals surface area contributed by atoms with Crippen LogP contribution in [0.2, 0.25) is 0 Å². The van der Waals surface area contributed by atoms with Crippen molar-refractivity contribution < 1.29 is 12.5 Å². The first-order valence-electron chi connectivity index (χ1n) is 7.63. The van der Waals surface area contributed by atoms with E-state index in [0.29, 0.717) is 27.8 Å². The second kappa shape index (κ2) is 5.12. The van der Waals surface area contributed by atoms with Crippen molar-refractivity contribution in [2.75, 3.05) is 4.72 Å². The summed E-state index contributed by atoms with van der Waals surface area (Å²) in [5.41, 5.74) is 2.00. The molecular formula is C14H12N4O2S2. The summed E-state index contributed by atoms with van der Waals surface area (Å²) in [6.07, 6.45) is 2.53.